The molecule has 0 saturated carbocycles. The normalized spacial score (nSPS) is 14.1. The van der Waals surface area contributed by atoms with Gasteiger partial charge >= 0.3 is 5.97 Å². The van der Waals surface area contributed by atoms with Crippen LogP contribution in [-0.2, 0) is 16.0 Å². The Morgan fingerprint density at radius 1 is 1.24 bits per heavy atom. The molecule has 1 aromatic carbocycles. The summed E-state index contributed by atoms with van der Waals surface area (Å²) >= 11 is 0. The van der Waals surface area contributed by atoms with Gasteiger partial charge in [0, 0.05) is 0 Å². The first-order valence-electron chi connectivity index (χ1n) is 6.38. The predicted octanol–water partition coefficient (Wildman–Crippen LogP) is 3.60. The Labute approximate surface area is 104 Å². The monoisotopic (exact) mass is 234 g/mol. The third-order valence-corrected chi connectivity index (χ3v) is 2.80. The highest BCUT2D eigenvalue weighted by Crippen LogP contribution is 2.12. The van der Waals surface area contributed by atoms with Gasteiger partial charge in [-0.2, -0.15) is 0 Å². The maximum absolute atomic E-state index is 11.8. The van der Waals surface area contributed by atoms with Gasteiger partial charge in [-0.3, -0.25) is 4.79 Å². The van der Waals surface area contributed by atoms with Crippen LogP contribution in [0.2, 0.25) is 0 Å². The van der Waals surface area contributed by atoms with E-state index in [4.69, 9.17) is 4.74 Å². The van der Waals surface area contributed by atoms with Crippen molar-refractivity contribution in [1.29, 1.82) is 0 Å². The topological polar surface area (TPSA) is 26.3 Å². The molecule has 0 heterocycles. The highest BCUT2D eigenvalue weighted by molar-refractivity contribution is 5.72. The molecule has 2 atom stereocenters. The van der Waals surface area contributed by atoms with Crippen molar-refractivity contribution in [2.45, 2.75) is 46.1 Å². The lowest BCUT2D eigenvalue weighted by molar-refractivity contribution is -0.152. The predicted molar refractivity (Wildman–Crippen MR) is 69.8 cm³/mol. The molecule has 0 radical (unpaired) electrons. The Bertz CT molecular complexity index is 332. The summed E-state index contributed by atoms with van der Waals surface area (Å²) < 4.78 is 5.39. The van der Waals surface area contributed by atoms with E-state index in [0.29, 0.717) is 0 Å². The Hall–Kier alpha value is -1.31. The number of hydrogen-bond donors (Lipinski definition) is 0. The summed E-state index contributed by atoms with van der Waals surface area (Å²) in [5.41, 5.74) is 1.18. The molecule has 0 bridgehead atoms. The van der Waals surface area contributed by atoms with E-state index >= 15 is 0 Å². The van der Waals surface area contributed by atoms with Gasteiger partial charge in [-0.05, 0) is 25.3 Å². The zero-order chi connectivity index (χ0) is 12.7. The maximum atomic E-state index is 11.8. The van der Waals surface area contributed by atoms with Crippen LogP contribution in [0.5, 0.6) is 0 Å². The lowest BCUT2D eigenvalue weighted by Gasteiger charge is -2.16. The lowest BCUT2D eigenvalue weighted by Crippen LogP contribution is -2.22. The number of esters is 1. The Morgan fingerprint density at radius 2 is 1.88 bits per heavy atom. The molecule has 0 amide bonds. The molecule has 0 saturated heterocycles. The third kappa shape index (κ3) is 5.03. The standard InChI is InChI=1S/C15H22O2/c1-4-8-13(3)17-15(16)12(2)11-14-9-6-5-7-10-14/h5-7,9-10,12-13H,4,8,11H2,1-3H3. The third-order valence-electron chi connectivity index (χ3n) is 2.80. The summed E-state index contributed by atoms with van der Waals surface area (Å²) in [7, 11) is 0. The summed E-state index contributed by atoms with van der Waals surface area (Å²) in [5, 5.41) is 0. The van der Waals surface area contributed by atoms with E-state index in [-0.39, 0.29) is 18.0 Å². The fraction of sp³-hybridized carbons (Fsp3) is 0.533. The van der Waals surface area contributed by atoms with Crippen LogP contribution in [-0.4, -0.2) is 12.1 Å². The molecule has 2 nitrogen and oxygen atoms in total. The zero-order valence-corrected chi connectivity index (χ0v) is 11.0. The highest BCUT2D eigenvalue weighted by atomic mass is 16.5. The Kier molecular flexibility index (Phi) is 5.75. The second-order valence-corrected chi connectivity index (χ2v) is 4.63. The molecular weight excluding hydrogens is 212 g/mol. The highest BCUT2D eigenvalue weighted by Gasteiger charge is 2.17. The van der Waals surface area contributed by atoms with Gasteiger partial charge in [0.1, 0.15) is 0 Å². The number of benzene rings is 1. The van der Waals surface area contributed by atoms with Crippen LogP contribution in [0.25, 0.3) is 0 Å². The summed E-state index contributed by atoms with van der Waals surface area (Å²) in [6, 6.07) is 10.1. The summed E-state index contributed by atoms with van der Waals surface area (Å²) in [6.45, 7) is 5.97. The minimum absolute atomic E-state index is 0.0331. The molecular formula is C15H22O2. The van der Waals surface area contributed by atoms with Gasteiger partial charge in [-0.1, -0.05) is 50.6 Å². The van der Waals surface area contributed by atoms with Crippen LogP contribution in [0.4, 0.5) is 0 Å². The molecule has 94 valence electrons. The minimum atomic E-state index is -0.0881. The van der Waals surface area contributed by atoms with Gasteiger partial charge in [0.2, 0.25) is 0 Å². The molecule has 0 aliphatic heterocycles. The number of ether oxygens (including phenoxy) is 1. The van der Waals surface area contributed by atoms with Crippen molar-refractivity contribution in [3.8, 4) is 0 Å². The van der Waals surface area contributed by atoms with E-state index in [1.807, 2.05) is 44.2 Å². The molecule has 2 heteroatoms. The first-order chi connectivity index (χ1) is 8.13. The van der Waals surface area contributed by atoms with Crippen LogP contribution < -0.4 is 0 Å². The van der Waals surface area contributed by atoms with Crippen molar-refractivity contribution >= 4 is 5.97 Å². The first-order valence-corrected chi connectivity index (χ1v) is 6.38. The summed E-state index contributed by atoms with van der Waals surface area (Å²) in [6.07, 6.45) is 2.76. The number of rotatable bonds is 6. The molecule has 0 aliphatic carbocycles. The van der Waals surface area contributed by atoms with Crippen LogP contribution in [0, 0.1) is 5.92 Å². The summed E-state index contributed by atoms with van der Waals surface area (Å²) in [5.74, 6) is -0.161. The molecule has 0 spiro atoms. The number of hydrogen-bond acceptors (Lipinski definition) is 2. The van der Waals surface area contributed by atoms with Crippen molar-refractivity contribution in [3.63, 3.8) is 0 Å². The minimum Gasteiger partial charge on any atom is -0.462 e. The fourth-order valence-electron chi connectivity index (χ4n) is 1.83. The molecule has 0 N–H and O–H groups in total. The van der Waals surface area contributed by atoms with E-state index in [1.54, 1.807) is 0 Å². The first kappa shape index (κ1) is 13.8. The molecule has 1 aromatic rings. The zero-order valence-electron chi connectivity index (χ0n) is 11.0. The maximum Gasteiger partial charge on any atom is 0.309 e. The summed E-state index contributed by atoms with van der Waals surface area (Å²) in [4.78, 5) is 11.8. The van der Waals surface area contributed by atoms with Gasteiger partial charge < -0.3 is 4.74 Å². The van der Waals surface area contributed by atoms with Crippen LogP contribution in [0.15, 0.2) is 30.3 Å². The van der Waals surface area contributed by atoms with E-state index < -0.39 is 0 Å². The largest absolute Gasteiger partial charge is 0.462 e. The molecule has 0 aromatic heterocycles. The average molecular weight is 234 g/mol. The Morgan fingerprint density at radius 3 is 2.47 bits per heavy atom. The second-order valence-electron chi connectivity index (χ2n) is 4.63. The molecule has 17 heavy (non-hydrogen) atoms. The number of carbonyl (C=O) groups is 1. The second kappa shape index (κ2) is 7.10. The smallest absolute Gasteiger partial charge is 0.309 e. The van der Waals surface area contributed by atoms with Crippen LogP contribution in [0.3, 0.4) is 0 Å². The quantitative estimate of drug-likeness (QED) is 0.703. The van der Waals surface area contributed by atoms with Crippen molar-refractivity contribution in [3.05, 3.63) is 35.9 Å². The van der Waals surface area contributed by atoms with Gasteiger partial charge in [0.25, 0.3) is 0 Å². The van der Waals surface area contributed by atoms with E-state index in [0.717, 1.165) is 19.3 Å². The lowest BCUT2D eigenvalue weighted by atomic mass is 10.0. The van der Waals surface area contributed by atoms with Gasteiger partial charge in [0.05, 0.1) is 12.0 Å². The Balaban J connectivity index is 2.42. The molecule has 1 rings (SSSR count). The van der Waals surface area contributed by atoms with Gasteiger partial charge in [0.15, 0.2) is 0 Å². The molecule has 0 fully saturated rings. The van der Waals surface area contributed by atoms with Crippen LogP contribution in [0.1, 0.15) is 39.2 Å². The fourth-order valence-corrected chi connectivity index (χ4v) is 1.83. The van der Waals surface area contributed by atoms with E-state index in [9.17, 15) is 4.79 Å². The van der Waals surface area contributed by atoms with Crippen molar-refractivity contribution in [2.75, 3.05) is 0 Å². The molecule has 2 unspecified atom stereocenters. The molecule has 0 aliphatic rings. The van der Waals surface area contributed by atoms with Crippen LogP contribution >= 0.6 is 0 Å². The van der Waals surface area contributed by atoms with Crippen molar-refractivity contribution < 1.29 is 9.53 Å². The SMILES string of the molecule is CCCC(C)OC(=O)C(C)Cc1ccccc1. The number of carbonyl (C=O) groups excluding carboxylic acids is 1. The van der Waals surface area contributed by atoms with Gasteiger partial charge in [-0.25, -0.2) is 0 Å². The van der Waals surface area contributed by atoms with Crippen molar-refractivity contribution in [1.82, 2.24) is 0 Å². The average Bonchev–Trinajstić information content (AvgIpc) is 2.30. The van der Waals surface area contributed by atoms with Crippen molar-refractivity contribution in [2.24, 2.45) is 5.92 Å². The van der Waals surface area contributed by atoms with Gasteiger partial charge in [-0.15, -0.1) is 0 Å². The van der Waals surface area contributed by atoms with E-state index in [2.05, 4.69) is 6.92 Å². The van der Waals surface area contributed by atoms with E-state index in [1.165, 1.54) is 5.56 Å².